The van der Waals surface area contributed by atoms with Crippen LogP contribution in [0.1, 0.15) is 13.3 Å². The van der Waals surface area contributed by atoms with Crippen LogP contribution in [0.25, 0.3) is 5.69 Å². The maximum absolute atomic E-state index is 10.5. The molecule has 0 radical (unpaired) electrons. The smallest absolute Gasteiger partial charge is 0.336 e. The quantitative estimate of drug-likeness (QED) is 0.866. The molecule has 0 saturated heterocycles. The second kappa shape index (κ2) is 5.31. The summed E-state index contributed by atoms with van der Waals surface area (Å²) < 4.78 is 6.88. The van der Waals surface area contributed by atoms with Crippen LogP contribution in [0.5, 0.6) is 6.01 Å². The van der Waals surface area contributed by atoms with E-state index in [4.69, 9.17) is 9.84 Å². The van der Waals surface area contributed by atoms with Crippen molar-refractivity contribution in [3.05, 3.63) is 36.7 Å². The molecule has 1 N–H and O–H groups in total. The number of benzene rings is 1. The molecule has 0 saturated carbocycles. The SMILES string of the molecule is C[C@@H](CC(=O)O)Oc1ncn(-c2ccccc2)n1. The lowest BCUT2D eigenvalue weighted by atomic mass is 10.3. The lowest BCUT2D eigenvalue weighted by Gasteiger charge is -2.07. The standard InChI is InChI=1S/C12H13N3O3/c1-9(7-11(16)17)18-12-13-8-15(14-12)10-5-3-2-4-6-10/h2-6,8-9H,7H2,1H3,(H,16,17)/t9-/m0/s1. The highest BCUT2D eigenvalue weighted by Gasteiger charge is 2.12. The molecule has 0 aliphatic rings. The van der Waals surface area contributed by atoms with Crippen LogP contribution in [0.3, 0.4) is 0 Å². The molecule has 0 fully saturated rings. The monoisotopic (exact) mass is 247 g/mol. The normalized spacial score (nSPS) is 12.1. The minimum absolute atomic E-state index is 0.0835. The van der Waals surface area contributed by atoms with Crippen LogP contribution in [0.15, 0.2) is 36.7 Å². The number of para-hydroxylation sites is 1. The third-order valence-electron chi connectivity index (χ3n) is 2.26. The van der Waals surface area contributed by atoms with Crippen molar-refractivity contribution in [3.8, 4) is 11.7 Å². The fourth-order valence-electron chi connectivity index (χ4n) is 1.47. The van der Waals surface area contributed by atoms with Gasteiger partial charge in [-0.15, -0.1) is 5.10 Å². The molecule has 18 heavy (non-hydrogen) atoms. The van der Waals surface area contributed by atoms with Gasteiger partial charge in [0, 0.05) is 0 Å². The largest absolute Gasteiger partial charge is 0.481 e. The molecule has 2 rings (SSSR count). The Morgan fingerprint density at radius 3 is 2.83 bits per heavy atom. The lowest BCUT2D eigenvalue weighted by Crippen LogP contribution is -2.17. The molecule has 6 heteroatoms. The van der Waals surface area contributed by atoms with Gasteiger partial charge in [0.05, 0.1) is 12.1 Å². The zero-order valence-electron chi connectivity index (χ0n) is 9.85. The minimum atomic E-state index is -0.912. The Kier molecular flexibility index (Phi) is 3.57. The van der Waals surface area contributed by atoms with Gasteiger partial charge < -0.3 is 9.84 Å². The number of hydrogen-bond donors (Lipinski definition) is 1. The number of nitrogens with zero attached hydrogens (tertiary/aromatic N) is 3. The van der Waals surface area contributed by atoms with Crippen molar-refractivity contribution in [3.63, 3.8) is 0 Å². The first kappa shape index (κ1) is 12.1. The molecule has 94 valence electrons. The molecule has 0 aliphatic carbocycles. The van der Waals surface area contributed by atoms with Crippen LogP contribution in [-0.2, 0) is 4.79 Å². The molecule has 0 amide bonds. The van der Waals surface area contributed by atoms with Gasteiger partial charge in [-0.2, -0.15) is 4.98 Å². The number of ether oxygens (including phenoxy) is 1. The zero-order chi connectivity index (χ0) is 13.0. The number of aliphatic carboxylic acids is 1. The average Bonchev–Trinajstić information content (AvgIpc) is 2.77. The number of carbonyl (C=O) groups is 1. The van der Waals surface area contributed by atoms with E-state index in [9.17, 15) is 4.79 Å². The Balaban J connectivity index is 2.05. The highest BCUT2D eigenvalue weighted by Crippen LogP contribution is 2.10. The molecule has 2 aromatic rings. The van der Waals surface area contributed by atoms with Gasteiger partial charge in [0.15, 0.2) is 0 Å². The second-order valence-electron chi connectivity index (χ2n) is 3.83. The Morgan fingerprint density at radius 1 is 1.44 bits per heavy atom. The summed E-state index contributed by atoms with van der Waals surface area (Å²) in [5.74, 6) is -0.912. The summed E-state index contributed by atoms with van der Waals surface area (Å²) in [7, 11) is 0. The number of hydrogen-bond acceptors (Lipinski definition) is 4. The number of rotatable bonds is 5. The van der Waals surface area contributed by atoms with E-state index in [0.717, 1.165) is 5.69 Å². The topological polar surface area (TPSA) is 77.2 Å². The first-order valence-electron chi connectivity index (χ1n) is 5.50. The van der Waals surface area contributed by atoms with Crippen molar-refractivity contribution in [1.29, 1.82) is 0 Å². The van der Waals surface area contributed by atoms with Gasteiger partial charge in [-0.3, -0.25) is 4.79 Å². The Bertz CT molecular complexity index is 524. The van der Waals surface area contributed by atoms with Crippen LogP contribution in [0.2, 0.25) is 0 Å². The van der Waals surface area contributed by atoms with Crippen molar-refractivity contribution >= 4 is 5.97 Å². The second-order valence-corrected chi connectivity index (χ2v) is 3.83. The summed E-state index contributed by atoms with van der Waals surface area (Å²) in [5.41, 5.74) is 0.866. The van der Waals surface area contributed by atoms with E-state index in [0.29, 0.717) is 0 Å². The van der Waals surface area contributed by atoms with Gasteiger partial charge in [-0.1, -0.05) is 18.2 Å². The van der Waals surface area contributed by atoms with Gasteiger partial charge in [0.1, 0.15) is 12.4 Å². The van der Waals surface area contributed by atoms with Crippen LogP contribution in [-0.4, -0.2) is 31.9 Å². The predicted octanol–water partition coefficient (Wildman–Crippen LogP) is 1.51. The molecular weight excluding hydrogens is 234 g/mol. The summed E-state index contributed by atoms with van der Waals surface area (Å²) in [6.07, 6.45) is 0.979. The minimum Gasteiger partial charge on any atom is -0.481 e. The van der Waals surface area contributed by atoms with Crippen molar-refractivity contribution in [2.75, 3.05) is 0 Å². The molecule has 1 heterocycles. The molecule has 0 aliphatic heterocycles. The highest BCUT2D eigenvalue weighted by molar-refractivity contribution is 5.67. The summed E-state index contributed by atoms with van der Waals surface area (Å²) in [6.45, 7) is 1.66. The number of carboxylic acid groups (broad SMARTS) is 1. The fourth-order valence-corrected chi connectivity index (χ4v) is 1.47. The molecular formula is C12H13N3O3. The molecule has 0 spiro atoms. The predicted molar refractivity (Wildman–Crippen MR) is 63.7 cm³/mol. The van der Waals surface area contributed by atoms with Crippen molar-refractivity contribution in [1.82, 2.24) is 14.8 Å². The molecule has 0 unspecified atom stereocenters. The average molecular weight is 247 g/mol. The van der Waals surface area contributed by atoms with Gasteiger partial charge in [0.2, 0.25) is 0 Å². The maximum atomic E-state index is 10.5. The zero-order valence-corrected chi connectivity index (χ0v) is 9.85. The van der Waals surface area contributed by atoms with Crippen molar-refractivity contribution in [2.45, 2.75) is 19.4 Å². The van der Waals surface area contributed by atoms with Gasteiger partial charge in [-0.05, 0) is 19.1 Å². The Morgan fingerprint density at radius 2 is 2.17 bits per heavy atom. The van der Waals surface area contributed by atoms with E-state index in [2.05, 4.69) is 10.1 Å². The van der Waals surface area contributed by atoms with E-state index >= 15 is 0 Å². The molecule has 6 nitrogen and oxygen atoms in total. The van der Waals surface area contributed by atoms with Crippen LogP contribution >= 0.6 is 0 Å². The van der Waals surface area contributed by atoms with E-state index in [1.54, 1.807) is 11.6 Å². The van der Waals surface area contributed by atoms with Gasteiger partial charge in [-0.25, -0.2) is 4.68 Å². The first-order chi connectivity index (χ1) is 8.65. The molecule has 0 bridgehead atoms. The van der Waals surface area contributed by atoms with E-state index < -0.39 is 12.1 Å². The van der Waals surface area contributed by atoms with E-state index in [1.165, 1.54) is 6.33 Å². The lowest BCUT2D eigenvalue weighted by molar-refractivity contribution is -0.138. The van der Waals surface area contributed by atoms with E-state index in [1.807, 2.05) is 30.3 Å². The van der Waals surface area contributed by atoms with Crippen LogP contribution in [0, 0.1) is 0 Å². The van der Waals surface area contributed by atoms with Crippen LogP contribution in [0.4, 0.5) is 0 Å². The summed E-state index contributed by atoms with van der Waals surface area (Å²) in [6, 6.07) is 9.65. The van der Waals surface area contributed by atoms with Gasteiger partial charge in [0.25, 0.3) is 0 Å². The molecule has 1 aromatic carbocycles. The van der Waals surface area contributed by atoms with Crippen molar-refractivity contribution < 1.29 is 14.6 Å². The Labute approximate surface area is 104 Å². The molecule has 1 atom stereocenters. The van der Waals surface area contributed by atoms with Crippen molar-refractivity contribution in [2.24, 2.45) is 0 Å². The van der Waals surface area contributed by atoms with Crippen LogP contribution < -0.4 is 4.74 Å². The third kappa shape index (κ3) is 3.07. The summed E-state index contributed by atoms with van der Waals surface area (Å²) in [4.78, 5) is 14.5. The first-order valence-corrected chi connectivity index (χ1v) is 5.50. The van der Waals surface area contributed by atoms with E-state index in [-0.39, 0.29) is 12.4 Å². The third-order valence-corrected chi connectivity index (χ3v) is 2.26. The molecule has 1 aromatic heterocycles. The fraction of sp³-hybridized carbons (Fsp3) is 0.250. The summed E-state index contributed by atoms with van der Waals surface area (Å²) in [5, 5.41) is 12.7. The highest BCUT2D eigenvalue weighted by atomic mass is 16.5. The number of carboxylic acids is 1. The summed E-state index contributed by atoms with van der Waals surface area (Å²) >= 11 is 0. The number of aromatic nitrogens is 3. The Hall–Kier alpha value is -2.37. The van der Waals surface area contributed by atoms with Gasteiger partial charge >= 0.3 is 12.0 Å². The maximum Gasteiger partial charge on any atom is 0.336 e.